The minimum Gasteiger partial charge on any atom is -0.490 e. The van der Waals surface area contributed by atoms with Gasteiger partial charge in [0.2, 0.25) is 0 Å². The minimum absolute atomic E-state index is 0. The summed E-state index contributed by atoms with van der Waals surface area (Å²) in [5.41, 5.74) is 0. The molecule has 132 valence electrons. The molecular weight excluding hydrogens is 371 g/mol. The molecule has 2 aromatic carbocycles. The predicted molar refractivity (Wildman–Crippen MR) is 95.4 cm³/mol. The van der Waals surface area contributed by atoms with Crippen molar-refractivity contribution in [2.45, 2.75) is 6.10 Å². The molecule has 2 rings (SSSR count). The molecule has 1 unspecified atom stereocenters. The number of nitrogens with zero attached hydrogens (tertiary/aromatic N) is 1. The van der Waals surface area contributed by atoms with Crippen molar-refractivity contribution in [1.82, 2.24) is 4.90 Å². The molecule has 0 aromatic heterocycles. The van der Waals surface area contributed by atoms with Gasteiger partial charge in [-0.05, 0) is 11.5 Å². The zero-order valence-corrected chi connectivity index (χ0v) is 15.7. The summed E-state index contributed by atoms with van der Waals surface area (Å²) in [6, 6.07) is 13.8. The van der Waals surface area contributed by atoms with Gasteiger partial charge in [-0.2, -0.15) is 0 Å². The third-order valence-electron chi connectivity index (χ3n) is 3.48. The Morgan fingerprint density at radius 1 is 0.958 bits per heavy atom. The molecule has 1 atom stereocenters. The van der Waals surface area contributed by atoms with E-state index in [1.807, 2.05) is 42.5 Å². The second-order valence-electron chi connectivity index (χ2n) is 5.19. The van der Waals surface area contributed by atoms with Crippen molar-refractivity contribution in [3.8, 4) is 5.75 Å². The first kappa shape index (κ1) is 22.8. The predicted octanol–water partition coefficient (Wildman–Crippen LogP) is -0.339. The second-order valence-corrected chi connectivity index (χ2v) is 5.19. The number of aliphatic hydroxyl groups excluding tert-OH is 3. The van der Waals surface area contributed by atoms with Gasteiger partial charge in [0.05, 0.1) is 13.2 Å². The molecule has 0 spiro atoms. The van der Waals surface area contributed by atoms with E-state index < -0.39 is 6.10 Å². The van der Waals surface area contributed by atoms with Crippen LogP contribution in [0.2, 0.25) is 0 Å². The van der Waals surface area contributed by atoms with Crippen LogP contribution < -0.4 is 4.74 Å². The number of benzene rings is 2. The van der Waals surface area contributed by atoms with Gasteiger partial charge in [-0.3, -0.25) is 4.90 Å². The Bertz CT molecular complexity index is 572. The normalized spacial score (nSPS) is 11.7. The van der Waals surface area contributed by atoms with Gasteiger partial charge >= 0.3 is 0 Å². The fraction of sp³-hybridized carbons (Fsp3) is 0.412. The van der Waals surface area contributed by atoms with Crippen LogP contribution in [0.15, 0.2) is 42.5 Å². The molecule has 0 aliphatic rings. The molecular formula is C17H25GeNO5. The van der Waals surface area contributed by atoms with E-state index in [2.05, 4.69) is 0 Å². The van der Waals surface area contributed by atoms with E-state index in [9.17, 15) is 5.11 Å². The zero-order valence-electron chi connectivity index (χ0n) is 13.6. The van der Waals surface area contributed by atoms with Gasteiger partial charge in [0.25, 0.3) is 0 Å². The number of rotatable bonds is 9. The van der Waals surface area contributed by atoms with Crippen LogP contribution in [0.3, 0.4) is 0 Å². The van der Waals surface area contributed by atoms with Crippen LogP contribution in [0.5, 0.6) is 5.75 Å². The van der Waals surface area contributed by atoms with E-state index >= 15 is 0 Å². The quantitative estimate of drug-likeness (QED) is 0.504. The van der Waals surface area contributed by atoms with Crippen molar-refractivity contribution >= 4 is 28.4 Å². The van der Waals surface area contributed by atoms with E-state index in [1.54, 1.807) is 4.90 Å². The van der Waals surface area contributed by atoms with Crippen LogP contribution >= 0.6 is 0 Å². The largest absolute Gasteiger partial charge is 0.490 e. The van der Waals surface area contributed by atoms with E-state index in [0.29, 0.717) is 19.6 Å². The summed E-state index contributed by atoms with van der Waals surface area (Å²) in [5, 5.41) is 30.1. The van der Waals surface area contributed by atoms with Crippen molar-refractivity contribution in [3.05, 3.63) is 42.5 Å². The first-order valence-electron chi connectivity index (χ1n) is 7.47. The molecule has 0 heterocycles. The second kappa shape index (κ2) is 12.2. The molecule has 0 saturated heterocycles. The third-order valence-corrected chi connectivity index (χ3v) is 3.48. The van der Waals surface area contributed by atoms with E-state index in [0.717, 1.165) is 16.5 Å². The van der Waals surface area contributed by atoms with Gasteiger partial charge < -0.3 is 25.5 Å². The SMILES string of the molecule is O.OCCN(CCO)CC(O)COc1cccc2ccccc12.[Ge]. The number of ether oxygens (including phenoxy) is 1. The van der Waals surface area contributed by atoms with Gasteiger partial charge in [0, 0.05) is 42.6 Å². The third kappa shape index (κ3) is 6.76. The number of fused-ring (bicyclic) bond motifs is 1. The van der Waals surface area contributed by atoms with Crippen LogP contribution in [-0.4, -0.2) is 88.9 Å². The summed E-state index contributed by atoms with van der Waals surface area (Å²) in [6.45, 7) is 1.36. The Kier molecular flexibility index (Phi) is 11.7. The van der Waals surface area contributed by atoms with Crippen molar-refractivity contribution < 1.29 is 25.5 Å². The topological polar surface area (TPSA) is 105 Å². The summed E-state index contributed by atoms with van der Waals surface area (Å²) in [5.74, 6) is 0.744. The van der Waals surface area contributed by atoms with E-state index in [1.165, 1.54) is 0 Å². The van der Waals surface area contributed by atoms with Gasteiger partial charge in [-0.1, -0.05) is 36.4 Å². The first-order chi connectivity index (χ1) is 10.7. The molecule has 0 amide bonds. The van der Waals surface area contributed by atoms with Crippen molar-refractivity contribution in [2.24, 2.45) is 0 Å². The fourth-order valence-electron chi connectivity index (χ4n) is 2.44. The first-order valence-corrected chi connectivity index (χ1v) is 7.47. The minimum atomic E-state index is -0.683. The Morgan fingerprint density at radius 2 is 1.58 bits per heavy atom. The van der Waals surface area contributed by atoms with Crippen LogP contribution in [0.4, 0.5) is 0 Å². The molecule has 5 N–H and O–H groups in total. The standard InChI is InChI=1S/C17H23NO4.Ge.H2O/c19-10-8-18(9-11-20)12-15(21)13-22-17-7-3-5-14-4-1-2-6-16(14)17;;/h1-7,15,19-21H,8-13H2;;1H2. The molecule has 0 bridgehead atoms. The molecule has 6 nitrogen and oxygen atoms in total. The summed E-state index contributed by atoms with van der Waals surface area (Å²) in [6.07, 6.45) is -0.683. The van der Waals surface area contributed by atoms with Crippen molar-refractivity contribution in [3.63, 3.8) is 0 Å². The number of aliphatic hydroxyl groups is 3. The number of hydrogen-bond acceptors (Lipinski definition) is 5. The maximum atomic E-state index is 10.1. The number of hydrogen-bond donors (Lipinski definition) is 3. The monoisotopic (exact) mass is 397 g/mol. The molecule has 2 aromatic rings. The maximum absolute atomic E-state index is 10.1. The van der Waals surface area contributed by atoms with Crippen LogP contribution in [0.25, 0.3) is 10.8 Å². The zero-order chi connectivity index (χ0) is 15.8. The van der Waals surface area contributed by atoms with Crippen LogP contribution in [0.1, 0.15) is 0 Å². The molecule has 7 heteroatoms. The van der Waals surface area contributed by atoms with E-state index in [4.69, 9.17) is 14.9 Å². The molecule has 24 heavy (non-hydrogen) atoms. The van der Waals surface area contributed by atoms with Gasteiger partial charge in [0.15, 0.2) is 0 Å². The van der Waals surface area contributed by atoms with Crippen LogP contribution in [0, 0.1) is 0 Å². The Hall–Kier alpha value is -1.16. The molecule has 4 radical (unpaired) electrons. The summed E-state index contributed by atoms with van der Waals surface area (Å²) in [7, 11) is 0. The smallest absolute Gasteiger partial charge is 0.127 e. The van der Waals surface area contributed by atoms with Gasteiger partial charge in [0.1, 0.15) is 18.5 Å². The summed E-state index contributed by atoms with van der Waals surface area (Å²) >= 11 is 0. The maximum Gasteiger partial charge on any atom is 0.127 e. The Morgan fingerprint density at radius 3 is 2.25 bits per heavy atom. The summed E-state index contributed by atoms with van der Waals surface area (Å²) < 4.78 is 5.74. The van der Waals surface area contributed by atoms with Gasteiger partial charge in [-0.15, -0.1) is 0 Å². The average molecular weight is 396 g/mol. The van der Waals surface area contributed by atoms with E-state index in [-0.39, 0.29) is 42.9 Å². The molecule has 0 aliphatic heterocycles. The van der Waals surface area contributed by atoms with Crippen molar-refractivity contribution in [1.29, 1.82) is 0 Å². The Labute approximate surface area is 153 Å². The average Bonchev–Trinajstić information content (AvgIpc) is 2.53. The van der Waals surface area contributed by atoms with Crippen molar-refractivity contribution in [2.75, 3.05) is 39.5 Å². The molecule has 0 saturated carbocycles. The fourth-order valence-corrected chi connectivity index (χ4v) is 2.44. The van der Waals surface area contributed by atoms with Gasteiger partial charge in [-0.25, -0.2) is 0 Å². The van der Waals surface area contributed by atoms with Crippen LogP contribution in [-0.2, 0) is 0 Å². The molecule has 0 fully saturated rings. The molecule has 0 aliphatic carbocycles. The Balaban J connectivity index is 0.00000264. The summed E-state index contributed by atoms with van der Waals surface area (Å²) in [4.78, 5) is 1.80.